The highest BCUT2D eigenvalue weighted by atomic mass is 16.6. The Morgan fingerprint density at radius 2 is 2.17 bits per heavy atom. The van der Waals surface area contributed by atoms with Crippen molar-refractivity contribution in [1.29, 1.82) is 0 Å². The van der Waals surface area contributed by atoms with Crippen molar-refractivity contribution in [3.05, 3.63) is 12.7 Å². The van der Waals surface area contributed by atoms with Gasteiger partial charge in [-0.15, -0.1) is 0 Å². The first-order chi connectivity index (χ1) is 5.65. The zero-order chi connectivity index (χ0) is 8.82. The van der Waals surface area contributed by atoms with E-state index in [0.717, 1.165) is 19.3 Å². The first kappa shape index (κ1) is 7.99. The molecule has 1 aliphatic carbocycles. The van der Waals surface area contributed by atoms with E-state index in [9.17, 15) is 4.79 Å². The normalized spacial score (nSPS) is 44.8. The lowest BCUT2D eigenvalue weighted by atomic mass is 9.78. The van der Waals surface area contributed by atoms with Gasteiger partial charge >= 0.3 is 0 Å². The summed E-state index contributed by atoms with van der Waals surface area (Å²) in [6, 6.07) is 0. The third-order valence-electron chi connectivity index (χ3n) is 3.23. The average Bonchev–Trinajstić information content (AvgIpc) is 2.71. The van der Waals surface area contributed by atoms with Crippen molar-refractivity contribution in [3.8, 4) is 0 Å². The molecule has 1 heterocycles. The number of epoxide rings is 1. The maximum Gasteiger partial charge on any atom is 0.189 e. The van der Waals surface area contributed by atoms with Gasteiger partial charge in [0.25, 0.3) is 0 Å². The van der Waals surface area contributed by atoms with Crippen molar-refractivity contribution < 1.29 is 9.53 Å². The van der Waals surface area contributed by atoms with E-state index in [0.29, 0.717) is 0 Å². The van der Waals surface area contributed by atoms with Gasteiger partial charge in [0.05, 0.1) is 0 Å². The van der Waals surface area contributed by atoms with Crippen LogP contribution in [0, 0.1) is 0 Å². The lowest BCUT2D eigenvalue weighted by Crippen LogP contribution is -2.34. The highest BCUT2D eigenvalue weighted by Gasteiger charge is 2.70. The smallest absolute Gasteiger partial charge is 0.189 e. The predicted molar refractivity (Wildman–Crippen MR) is 45.9 cm³/mol. The van der Waals surface area contributed by atoms with Crippen molar-refractivity contribution in [2.24, 2.45) is 0 Å². The van der Waals surface area contributed by atoms with E-state index in [4.69, 9.17) is 4.74 Å². The van der Waals surface area contributed by atoms with Crippen molar-refractivity contribution in [2.75, 3.05) is 0 Å². The molecule has 0 bridgehead atoms. The minimum atomic E-state index is -0.465. The van der Waals surface area contributed by atoms with Crippen molar-refractivity contribution in [3.63, 3.8) is 0 Å². The van der Waals surface area contributed by atoms with Crippen LogP contribution in [-0.2, 0) is 9.53 Å². The number of rotatable bonds is 2. The van der Waals surface area contributed by atoms with Gasteiger partial charge in [0, 0.05) is 0 Å². The molecule has 0 aromatic heterocycles. The summed E-state index contributed by atoms with van der Waals surface area (Å²) in [6.45, 7) is 5.54. The zero-order valence-corrected chi connectivity index (χ0v) is 7.43. The van der Waals surface area contributed by atoms with Gasteiger partial charge in [0.15, 0.2) is 11.4 Å². The number of carbonyl (C=O) groups is 1. The fraction of sp³-hybridized carbons (Fsp3) is 0.700. The highest BCUT2D eigenvalue weighted by Crippen LogP contribution is 2.57. The number of ketones is 1. The Kier molecular flexibility index (Phi) is 1.46. The second-order valence-electron chi connectivity index (χ2n) is 3.94. The lowest BCUT2D eigenvalue weighted by molar-refractivity contribution is -0.119. The monoisotopic (exact) mass is 166 g/mol. The molecular formula is C10H14O2. The maximum atomic E-state index is 11.5. The van der Waals surface area contributed by atoms with Crippen LogP contribution in [0.1, 0.15) is 32.6 Å². The highest BCUT2D eigenvalue weighted by molar-refractivity contribution is 6.00. The van der Waals surface area contributed by atoms with Gasteiger partial charge in [-0.3, -0.25) is 4.79 Å². The van der Waals surface area contributed by atoms with Crippen molar-refractivity contribution in [2.45, 2.75) is 43.8 Å². The van der Waals surface area contributed by atoms with Gasteiger partial charge in [-0.05, 0) is 32.3 Å². The molecule has 1 saturated heterocycles. The molecule has 0 N–H and O–H groups in total. The van der Waals surface area contributed by atoms with E-state index in [1.54, 1.807) is 0 Å². The second-order valence-corrected chi connectivity index (χ2v) is 3.94. The number of carbonyl (C=O) groups excluding carboxylic acids is 1. The van der Waals surface area contributed by atoms with E-state index in [1.807, 2.05) is 6.92 Å². The lowest BCUT2D eigenvalue weighted by Gasteiger charge is -2.19. The molecule has 0 amide bonds. The quantitative estimate of drug-likeness (QED) is 0.462. The molecule has 0 spiro atoms. The number of ether oxygens (including phenoxy) is 1. The summed E-state index contributed by atoms with van der Waals surface area (Å²) in [6.07, 6.45) is 5.59. The number of hydrogen-bond acceptors (Lipinski definition) is 2. The Hall–Kier alpha value is -0.630. The summed E-state index contributed by atoms with van der Waals surface area (Å²) < 4.78 is 5.58. The fourth-order valence-electron chi connectivity index (χ4n) is 2.36. The minimum Gasteiger partial charge on any atom is -0.354 e. The summed E-state index contributed by atoms with van der Waals surface area (Å²) in [4.78, 5) is 11.5. The first-order valence-electron chi connectivity index (χ1n) is 4.52. The van der Waals surface area contributed by atoms with Gasteiger partial charge in [-0.25, -0.2) is 0 Å². The molecular weight excluding hydrogens is 152 g/mol. The summed E-state index contributed by atoms with van der Waals surface area (Å²) in [5.41, 5.74) is -0.622. The van der Waals surface area contributed by atoms with Gasteiger partial charge in [-0.2, -0.15) is 0 Å². The summed E-state index contributed by atoms with van der Waals surface area (Å²) in [5.74, 6) is 0.0738. The Bertz CT molecular complexity index is 242. The topological polar surface area (TPSA) is 29.6 Å². The number of fused-ring (bicyclic) bond motifs is 1. The first-order valence-corrected chi connectivity index (χ1v) is 4.52. The Balaban J connectivity index is 2.23. The van der Waals surface area contributed by atoms with Gasteiger partial charge < -0.3 is 4.74 Å². The molecule has 1 saturated carbocycles. The summed E-state index contributed by atoms with van der Waals surface area (Å²) in [7, 11) is 0. The van der Waals surface area contributed by atoms with E-state index in [2.05, 4.69) is 6.58 Å². The third-order valence-corrected chi connectivity index (χ3v) is 3.23. The Labute approximate surface area is 72.6 Å². The molecule has 0 aromatic carbocycles. The molecule has 2 rings (SSSR count). The summed E-state index contributed by atoms with van der Waals surface area (Å²) in [5, 5.41) is 0. The molecule has 12 heavy (non-hydrogen) atoms. The van der Waals surface area contributed by atoms with Gasteiger partial charge in [0.2, 0.25) is 0 Å². The SMILES string of the molecule is C=CC(=O)C12CCCCC1(C)O2. The standard InChI is InChI=1S/C10H14O2/c1-3-8(11)10-7-5-4-6-9(10,2)12-10/h3H,1,4-7H2,2H3. The molecule has 0 radical (unpaired) electrons. The summed E-state index contributed by atoms with van der Waals surface area (Å²) >= 11 is 0. The number of hydrogen-bond donors (Lipinski definition) is 0. The van der Waals surface area contributed by atoms with E-state index < -0.39 is 5.60 Å². The largest absolute Gasteiger partial charge is 0.354 e. The maximum absolute atomic E-state index is 11.5. The molecule has 2 fully saturated rings. The minimum absolute atomic E-state index is 0.0738. The van der Waals surface area contributed by atoms with Crippen LogP contribution in [0.25, 0.3) is 0 Å². The molecule has 2 atom stereocenters. The van der Waals surface area contributed by atoms with Crippen LogP contribution in [0.5, 0.6) is 0 Å². The van der Waals surface area contributed by atoms with E-state index >= 15 is 0 Å². The van der Waals surface area contributed by atoms with E-state index in [1.165, 1.54) is 12.5 Å². The van der Waals surface area contributed by atoms with Crippen molar-refractivity contribution in [1.82, 2.24) is 0 Å². The molecule has 2 nitrogen and oxygen atoms in total. The molecule has 1 aliphatic heterocycles. The third kappa shape index (κ3) is 0.761. The molecule has 2 unspecified atom stereocenters. The average molecular weight is 166 g/mol. The fourth-order valence-corrected chi connectivity index (χ4v) is 2.36. The second kappa shape index (κ2) is 2.19. The van der Waals surface area contributed by atoms with Crippen LogP contribution >= 0.6 is 0 Å². The van der Waals surface area contributed by atoms with Crippen molar-refractivity contribution >= 4 is 5.78 Å². The predicted octanol–water partition coefficient (Wildman–Crippen LogP) is 1.84. The Morgan fingerprint density at radius 1 is 1.50 bits per heavy atom. The van der Waals surface area contributed by atoms with Gasteiger partial charge in [0.1, 0.15) is 5.60 Å². The van der Waals surface area contributed by atoms with Crippen LogP contribution in [0.15, 0.2) is 12.7 Å². The van der Waals surface area contributed by atoms with Crippen LogP contribution in [-0.4, -0.2) is 17.0 Å². The van der Waals surface area contributed by atoms with Crippen LogP contribution in [0.2, 0.25) is 0 Å². The molecule has 2 heteroatoms. The van der Waals surface area contributed by atoms with Crippen LogP contribution < -0.4 is 0 Å². The molecule has 0 aromatic rings. The zero-order valence-electron chi connectivity index (χ0n) is 7.43. The van der Waals surface area contributed by atoms with Crippen LogP contribution in [0.4, 0.5) is 0 Å². The molecule has 2 aliphatic rings. The van der Waals surface area contributed by atoms with Crippen LogP contribution in [0.3, 0.4) is 0 Å². The molecule has 66 valence electrons. The van der Waals surface area contributed by atoms with Gasteiger partial charge in [-0.1, -0.05) is 13.0 Å². The van der Waals surface area contributed by atoms with E-state index in [-0.39, 0.29) is 11.4 Å². The Morgan fingerprint density at radius 3 is 2.75 bits per heavy atom.